The third-order valence-corrected chi connectivity index (χ3v) is 4.24. The first-order valence-corrected chi connectivity index (χ1v) is 7.48. The number of rotatable bonds is 2. The molecular formula is C18H14BrNO. The van der Waals surface area contributed by atoms with Crippen molar-refractivity contribution < 1.29 is 4.79 Å². The van der Waals surface area contributed by atoms with Crippen molar-refractivity contribution in [3.8, 4) is 0 Å². The van der Waals surface area contributed by atoms with Crippen molar-refractivity contribution >= 4 is 38.3 Å². The Kier molecular flexibility index (Phi) is 3.76. The van der Waals surface area contributed by atoms with Crippen LogP contribution in [0.2, 0.25) is 0 Å². The maximum absolute atomic E-state index is 12.8. The SMILES string of the molecule is CN(C(=O)c1cccc2c(Br)cccc12)c1ccccc1. The summed E-state index contributed by atoms with van der Waals surface area (Å²) in [7, 11) is 1.80. The van der Waals surface area contributed by atoms with Gasteiger partial charge in [-0.05, 0) is 35.0 Å². The van der Waals surface area contributed by atoms with E-state index < -0.39 is 0 Å². The first kappa shape index (κ1) is 13.8. The van der Waals surface area contributed by atoms with Crippen molar-refractivity contribution in [3.63, 3.8) is 0 Å². The molecule has 2 nitrogen and oxygen atoms in total. The van der Waals surface area contributed by atoms with E-state index in [1.807, 2.05) is 66.7 Å². The average Bonchev–Trinajstić information content (AvgIpc) is 2.54. The van der Waals surface area contributed by atoms with Gasteiger partial charge in [0.1, 0.15) is 0 Å². The molecule has 0 aliphatic heterocycles. The minimum absolute atomic E-state index is 0.00935. The Labute approximate surface area is 132 Å². The molecule has 0 N–H and O–H groups in total. The Morgan fingerprint density at radius 2 is 1.52 bits per heavy atom. The van der Waals surface area contributed by atoms with Gasteiger partial charge in [0.05, 0.1) is 0 Å². The highest BCUT2D eigenvalue weighted by molar-refractivity contribution is 9.10. The van der Waals surface area contributed by atoms with Crippen LogP contribution >= 0.6 is 15.9 Å². The molecule has 0 saturated heterocycles. The lowest BCUT2D eigenvalue weighted by Gasteiger charge is -2.18. The summed E-state index contributed by atoms with van der Waals surface area (Å²) in [4.78, 5) is 14.5. The normalized spacial score (nSPS) is 10.6. The summed E-state index contributed by atoms with van der Waals surface area (Å²) < 4.78 is 0.997. The standard InChI is InChI=1S/C18H14BrNO/c1-20(13-7-3-2-4-8-13)18(21)16-11-5-10-15-14(16)9-6-12-17(15)19/h2-12H,1H3. The number of amides is 1. The molecular weight excluding hydrogens is 326 g/mol. The Bertz CT molecular complexity index is 799. The zero-order chi connectivity index (χ0) is 14.8. The summed E-state index contributed by atoms with van der Waals surface area (Å²) in [6, 6.07) is 21.4. The number of nitrogens with zero attached hydrogens (tertiary/aromatic N) is 1. The van der Waals surface area contributed by atoms with Crippen LogP contribution in [-0.4, -0.2) is 13.0 Å². The summed E-state index contributed by atoms with van der Waals surface area (Å²) >= 11 is 3.54. The Balaban J connectivity index is 2.08. The molecule has 3 aromatic rings. The second-order valence-electron chi connectivity index (χ2n) is 4.84. The number of para-hydroxylation sites is 1. The topological polar surface area (TPSA) is 20.3 Å². The predicted molar refractivity (Wildman–Crippen MR) is 90.8 cm³/mol. The molecule has 0 spiro atoms. The fraction of sp³-hybridized carbons (Fsp3) is 0.0556. The van der Waals surface area contributed by atoms with Gasteiger partial charge >= 0.3 is 0 Å². The van der Waals surface area contributed by atoms with Crippen molar-refractivity contribution in [1.82, 2.24) is 0 Å². The maximum atomic E-state index is 12.8. The van der Waals surface area contributed by atoms with E-state index in [1.165, 1.54) is 0 Å². The third kappa shape index (κ3) is 2.57. The smallest absolute Gasteiger partial charge is 0.258 e. The van der Waals surface area contributed by atoms with E-state index in [2.05, 4.69) is 15.9 Å². The van der Waals surface area contributed by atoms with Crippen LogP contribution in [0.4, 0.5) is 5.69 Å². The van der Waals surface area contributed by atoms with Gasteiger partial charge in [-0.3, -0.25) is 4.79 Å². The van der Waals surface area contributed by atoms with Crippen molar-refractivity contribution in [3.05, 3.63) is 76.8 Å². The lowest BCUT2D eigenvalue weighted by atomic mass is 10.0. The lowest BCUT2D eigenvalue weighted by molar-refractivity contribution is 0.0994. The Morgan fingerprint density at radius 1 is 0.857 bits per heavy atom. The molecule has 21 heavy (non-hydrogen) atoms. The summed E-state index contributed by atoms with van der Waals surface area (Å²) in [5, 5.41) is 2.00. The van der Waals surface area contributed by atoms with Gasteiger partial charge in [0.15, 0.2) is 0 Å². The van der Waals surface area contributed by atoms with Crippen LogP contribution in [0.15, 0.2) is 71.2 Å². The average molecular weight is 340 g/mol. The number of halogens is 1. The van der Waals surface area contributed by atoms with Crippen molar-refractivity contribution in [2.45, 2.75) is 0 Å². The monoisotopic (exact) mass is 339 g/mol. The van der Waals surface area contributed by atoms with E-state index in [4.69, 9.17) is 0 Å². The van der Waals surface area contributed by atoms with Crippen molar-refractivity contribution in [2.75, 3.05) is 11.9 Å². The van der Waals surface area contributed by atoms with Crippen LogP contribution in [-0.2, 0) is 0 Å². The van der Waals surface area contributed by atoms with Crippen LogP contribution in [0.1, 0.15) is 10.4 Å². The van der Waals surface area contributed by atoms with Gasteiger partial charge in [-0.2, -0.15) is 0 Å². The van der Waals surface area contributed by atoms with E-state index in [9.17, 15) is 4.79 Å². The summed E-state index contributed by atoms with van der Waals surface area (Å²) in [5.41, 5.74) is 1.59. The summed E-state index contributed by atoms with van der Waals surface area (Å²) in [5.74, 6) is -0.00935. The molecule has 0 heterocycles. The summed E-state index contributed by atoms with van der Waals surface area (Å²) in [6.45, 7) is 0. The number of carbonyl (C=O) groups excluding carboxylic acids is 1. The van der Waals surface area contributed by atoms with Gasteiger partial charge in [0.2, 0.25) is 0 Å². The van der Waals surface area contributed by atoms with Crippen LogP contribution in [0.5, 0.6) is 0 Å². The molecule has 0 aromatic heterocycles. The van der Waals surface area contributed by atoms with Gasteiger partial charge in [-0.1, -0.05) is 58.4 Å². The molecule has 0 aliphatic carbocycles. The minimum Gasteiger partial charge on any atom is -0.311 e. The first-order chi connectivity index (χ1) is 10.2. The lowest BCUT2D eigenvalue weighted by Crippen LogP contribution is -2.26. The second-order valence-corrected chi connectivity index (χ2v) is 5.69. The number of benzene rings is 3. The van der Waals surface area contributed by atoms with Gasteiger partial charge < -0.3 is 4.90 Å². The van der Waals surface area contributed by atoms with Gasteiger partial charge in [0.25, 0.3) is 5.91 Å². The molecule has 0 aliphatic rings. The number of hydrogen-bond donors (Lipinski definition) is 0. The molecule has 0 saturated carbocycles. The molecule has 3 aromatic carbocycles. The van der Waals surface area contributed by atoms with E-state index in [0.717, 1.165) is 20.9 Å². The molecule has 0 unspecified atom stereocenters. The predicted octanol–water partition coefficient (Wildman–Crippen LogP) is 4.88. The molecule has 3 heteroatoms. The molecule has 1 amide bonds. The van der Waals surface area contributed by atoms with Crippen LogP contribution < -0.4 is 4.90 Å². The fourth-order valence-electron chi connectivity index (χ4n) is 2.41. The van der Waals surface area contributed by atoms with E-state index in [1.54, 1.807) is 11.9 Å². The molecule has 0 radical (unpaired) electrons. The van der Waals surface area contributed by atoms with Crippen molar-refractivity contribution in [1.29, 1.82) is 0 Å². The molecule has 3 rings (SSSR count). The molecule has 104 valence electrons. The Hall–Kier alpha value is -2.13. The quantitative estimate of drug-likeness (QED) is 0.651. The van der Waals surface area contributed by atoms with Gasteiger partial charge in [-0.25, -0.2) is 0 Å². The third-order valence-electron chi connectivity index (χ3n) is 3.55. The number of anilines is 1. The van der Waals surface area contributed by atoms with Crippen molar-refractivity contribution in [2.24, 2.45) is 0 Å². The first-order valence-electron chi connectivity index (χ1n) is 6.69. The zero-order valence-electron chi connectivity index (χ0n) is 11.6. The van der Waals surface area contributed by atoms with E-state index in [0.29, 0.717) is 5.56 Å². The molecule has 0 bridgehead atoms. The summed E-state index contributed by atoms with van der Waals surface area (Å²) in [6.07, 6.45) is 0. The van der Waals surface area contributed by atoms with Crippen LogP contribution in [0, 0.1) is 0 Å². The van der Waals surface area contributed by atoms with Crippen LogP contribution in [0.25, 0.3) is 10.8 Å². The highest BCUT2D eigenvalue weighted by atomic mass is 79.9. The molecule has 0 fully saturated rings. The van der Waals surface area contributed by atoms with Gasteiger partial charge in [-0.15, -0.1) is 0 Å². The maximum Gasteiger partial charge on any atom is 0.258 e. The highest BCUT2D eigenvalue weighted by Crippen LogP contribution is 2.27. The van der Waals surface area contributed by atoms with E-state index in [-0.39, 0.29) is 5.91 Å². The minimum atomic E-state index is -0.00935. The second kappa shape index (κ2) is 5.70. The number of hydrogen-bond acceptors (Lipinski definition) is 1. The fourth-order valence-corrected chi connectivity index (χ4v) is 2.91. The number of carbonyl (C=O) groups is 1. The molecule has 0 atom stereocenters. The number of fused-ring (bicyclic) bond motifs is 1. The largest absolute Gasteiger partial charge is 0.311 e. The Morgan fingerprint density at radius 3 is 2.29 bits per heavy atom. The highest BCUT2D eigenvalue weighted by Gasteiger charge is 2.16. The van der Waals surface area contributed by atoms with Gasteiger partial charge in [0, 0.05) is 22.8 Å². The van der Waals surface area contributed by atoms with Crippen LogP contribution in [0.3, 0.4) is 0 Å². The van der Waals surface area contributed by atoms with E-state index >= 15 is 0 Å². The zero-order valence-corrected chi connectivity index (χ0v) is 13.2.